The van der Waals surface area contributed by atoms with Gasteiger partial charge in [-0.15, -0.1) is 0 Å². The van der Waals surface area contributed by atoms with E-state index in [0.29, 0.717) is 51.3 Å². The first kappa shape index (κ1) is 31.8. The maximum atomic E-state index is 14.1. The summed E-state index contributed by atoms with van der Waals surface area (Å²) in [6.45, 7) is 10.9. The van der Waals surface area contributed by atoms with Crippen LogP contribution >= 0.6 is 0 Å². The van der Waals surface area contributed by atoms with Crippen LogP contribution in [-0.2, 0) is 19.6 Å². The van der Waals surface area contributed by atoms with Crippen molar-refractivity contribution < 1.29 is 27.9 Å². The molecular formula is C31H44N4O6S. The molecule has 1 amide bonds. The third-order valence-electron chi connectivity index (χ3n) is 8.68. The second-order valence-electron chi connectivity index (χ2n) is 11.4. The molecule has 3 atom stereocenters. The lowest BCUT2D eigenvalue weighted by atomic mass is 9.95. The van der Waals surface area contributed by atoms with Gasteiger partial charge in [-0.3, -0.25) is 14.5 Å². The van der Waals surface area contributed by atoms with E-state index in [0.717, 1.165) is 0 Å². The SMILES string of the molecule is CCC(CC(C)N1CCN(S(=O)(=O)c2cccc(OC)c2)CC1C(=O)N1CCN(c2cc(C)ccc2C)CC1)C(=O)O. The molecule has 0 aliphatic carbocycles. The number of carboxylic acid groups (broad SMARTS) is 1. The molecule has 1 N–H and O–H groups in total. The molecule has 2 aliphatic heterocycles. The Morgan fingerprint density at radius 2 is 1.74 bits per heavy atom. The predicted molar refractivity (Wildman–Crippen MR) is 162 cm³/mol. The average Bonchev–Trinajstić information content (AvgIpc) is 3.00. The number of carbonyl (C=O) groups excluding carboxylic acids is 1. The van der Waals surface area contributed by atoms with Crippen LogP contribution in [0.2, 0.25) is 0 Å². The minimum atomic E-state index is -3.88. The molecule has 0 bridgehead atoms. The molecule has 2 fully saturated rings. The van der Waals surface area contributed by atoms with Crippen LogP contribution in [0.3, 0.4) is 0 Å². The molecule has 2 saturated heterocycles. The van der Waals surface area contributed by atoms with E-state index >= 15 is 0 Å². The van der Waals surface area contributed by atoms with Crippen molar-refractivity contribution in [2.24, 2.45) is 5.92 Å². The van der Waals surface area contributed by atoms with Crippen molar-refractivity contribution in [2.45, 2.75) is 57.5 Å². The van der Waals surface area contributed by atoms with Gasteiger partial charge in [-0.1, -0.05) is 25.1 Å². The highest BCUT2D eigenvalue weighted by Crippen LogP contribution is 2.28. The number of anilines is 1. The Labute approximate surface area is 249 Å². The number of carbonyl (C=O) groups is 2. The van der Waals surface area contributed by atoms with Crippen molar-refractivity contribution in [3.63, 3.8) is 0 Å². The number of ether oxygens (including phenoxy) is 1. The van der Waals surface area contributed by atoms with E-state index in [1.807, 2.05) is 23.6 Å². The zero-order valence-corrected chi connectivity index (χ0v) is 26.1. The van der Waals surface area contributed by atoms with E-state index in [1.54, 1.807) is 12.1 Å². The highest BCUT2D eigenvalue weighted by molar-refractivity contribution is 7.89. The van der Waals surface area contributed by atoms with E-state index in [1.165, 1.54) is 40.4 Å². The van der Waals surface area contributed by atoms with Crippen LogP contribution in [0.4, 0.5) is 5.69 Å². The third kappa shape index (κ3) is 6.90. The molecule has 0 spiro atoms. The summed E-state index contributed by atoms with van der Waals surface area (Å²) in [5.74, 6) is -1.06. The minimum absolute atomic E-state index is 0.00375. The monoisotopic (exact) mass is 600 g/mol. The lowest BCUT2D eigenvalue weighted by Gasteiger charge is -2.46. The van der Waals surface area contributed by atoms with Gasteiger partial charge in [0.2, 0.25) is 15.9 Å². The molecule has 0 saturated carbocycles. The van der Waals surface area contributed by atoms with Crippen molar-refractivity contribution in [3.8, 4) is 5.75 Å². The van der Waals surface area contributed by atoms with Crippen LogP contribution in [0, 0.1) is 19.8 Å². The Bertz CT molecular complexity index is 1380. The number of rotatable bonds is 10. The zero-order chi connectivity index (χ0) is 30.6. The number of carboxylic acids is 1. The number of amides is 1. The van der Waals surface area contributed by atoms with Crippen molar-refractivity contribution in [3.05, 3.63) is 53.6 Å². The van der Waals surface area contributed by atoms with Gasteiger partial charge in [0.1, 0.15) is 11.8 Å². The van der Waals surface area contributed by atoms with Gasteiger partial charge in [0.05, 0.1) is 17.9 Å². The maximum absolute atomic E-state index is 14.1. The summed E-state index contributed by atoms with van der Waals surface area (Å²) in [5, 5.41) is 9.68. The molecule has 3 unspecified atom stereocenters. The number of hydrogen-bond donors (Lipinski definition) is 1. The molecule has 230 valence electrons. The van der Waals surface area contributed by atoms with Crippen LogP contribution in [0.5, 0.6) is 5.75 Å². The number of hydrogen-bond acceptors (Lipinski definition) is 7. The van der Waals surface area contributed by atoms with Crippen LogP contribution in [-0.4, -0.2) is 105 Å². The Morgan fingerprint density at radius 1 is 1.02 bits per heavy atom. The normalized spacial score (nSPS) is 20.3. The third-order valence-corrected chi connectivity index (χ3v) is 10.5. The molecule has 2 aromatic rings. The minimum Gasteiger partial charge on any atom is -0.497 e. The lowest BCUT2D eigenvalue weighted by molar-refractivity contribution is -0.143. The number of piperazine rings is 2. The molecule has 42 heavy (non-hydrogen) atoms. The summed E-state index contributed by atoms with van der Waals surface area (Å²) in [7, 11) is -2.39. The van der Waals surface area contributed by atoms with Gasteiger partial charge < -0.3 is 19.6 Å². The first-order valence-corrected chi connectivity index (χ1v) is 16.1. The molecule has 0 aromatic heterocycles. The first-order valence-electron chi connectivity index (χ1n) is 14.7. The van der Waals surface area contributed by atoms with Gasteiger partial charge in [-0.2, -0.15) is 4.31 Å². The summed E-state index contributed by atoms with van der Waals surface area (Å²) >= 11 is 0. The van der Waals surface area contributed by atoms with E-state index in [4.69, 9.17) is 4.74 Å². The van der Waals surface area contributed by atoms with E-state index < -0.39 is 28.0 Å². The van der Waals surface area contributed by atoms with Crippen molar-refractivity contribution in [1.82, 2.24) is 14.1 Å². The smallest absolute Gasteiger partial charge is 0.306 e. The maximum Gasteiger partial charge on any atom is 0.306 e. The van der Waals surface area contributed by atoms with Gasteiger partial charge in [0.15, 0.2) is 0 Å². The average molecular weight is 601 g/mol. The number of aryl methyl sites for hydroxylation is 2. The summed E-state index contributed by atoms with van der Waals surface area (Å²) in [6.07, 6.45) is 0.876. The summed E-state index contributed by atoms with van der Waals surface area (Å²) in [6, 6.07) is 11.8. The number of methoxy groups -OCH3 is 1. The zero-order valence-electron chi connectivity index (χ0n) is 25.3. The highest BCUT2D eigenvalue weighted by Gasteiger charge is 2.42. The number of aliphatic carboxylic acids is 1. The predicted octanol–water partition coefficient (Wildman–Crippen LogP) is 3.23. The molecule has 0 radical (unpaired) electrons. The fourth-order valence-electron chi connectivity index (χ4n) is 6.08. The summed E-state index contributed by atoms with van der Waals surface area (Å²) in [4.78, 5) is 32.2. The molecule has 4 rings (SSSR count). The molecular weight excluding hydrogens is 556 g/mol. The molecule has 2 heterocycles. The van der Waals surface area contributed by atoms with Gasteiger partial charge in [0.25, 0.3) is 0 Å². The quantitative estimate of drug-likeness (QED) is 0.443. The Balaban J connectivity index is 1.56. The van der Waals surface area contributed by atoms with E-state index in [2.05, 4.69) is 36.9 Å². The second kappa shape index (κ2) is 13.4. The van der Waals surface area contributed by atoms with Gasteiger partial charge >= 0.3 is 5.97 Å². The lowest BCUT2D eigenvalue weighted by Crippen LogP contribution is -2.64. The fraction of sp³-hybridized carbons (Fsp3) is 0.548. The first-order chi connectivity index (χ1) is 20.0. The van der Waals surface area contributed by atoms with Crippen LogP contribution in [0.1, 0.15) is 37.8 Å². The second-order valence-corrected chi connectivity index (χ2v) is 13.4. The summed E-state index contributed by atoms with van der Waals surface area (Å²) in [5.41, 5.74) is 3.55. The molecule has 2 aromatic carbocycles. The fourth-order valence-corrected chi connectivity index (χ4v) is 7.55. The standard InChI is InChI=1S/C31H44N4O6S/c1-6-25(31(37)38)19-24(4)35-17-16-34(42(39,40)27-9-7-8-26(20-27)41-5)21-29(35)30(36)33-14-12-32(13-15-33)28-18-22(2)10-11-23(28)3/h7-11,18,20,24-25,29H,6,12-17,19,21H2,1-5H3,(H,37,38). The van der Waals surface area contributed by atoms with E-state index in [-0.39, 0.29) is 29.9 Å². The van der Waals surface area contributed by atoms with Gasteiger partial charge in [-0.05, 0) is 62.9 Å². The largest absolute Gasteiger partial charge is 0.497 e. The van der Waals surface area contributed by atoms with Crippen LogP contribution in [0.25, 0.3) is 0 Å². The number of benzene rings is 2. The molecule has 2 aliphatic rings. The Hall–Kier alpha value is -3.15. The Morgan fingerprint density at radius 3 is 2.38 bits per heavy atom. The number of sulfonamides is 1. The Kier molecular flexibility index (Phi) is 10.2. The van der Waals surface area contributed by atoms with Crippen molar-refractivity contribution >= 4 is 27.6 Å². The van der Waals surface area contributed by atoms with Crippen LogP contribution in [0.15, 0.2) is 47.4 Å². The highest BCUT2D eigenvalue weighted by atomic mass is 32.2. The van der Waals surface area contributed by atoms with Gasteiger partial charge in [-0.25, -0.2) is 8.42 Å². The van der Waals surface area contributed by atoms with Crippen molar-refractivity contribution in [2.75, 3.05) is 57.8 Å². The number of nitrogens with zero attached hydrogens (tertiary/aromatic N) is 4. The summed E-state index contributed by atoms with van der Waals surface area (Å²) < 4.78 is 34.0. The van der Waals surface area contributed by atoms with E-state index in [9.17, 15) is 23.1 Å². The van der Waals surface area contributed by atoms with Crippen LogP contribution < -0.4 is 9.64 Å². The molecule has 10 nitrogen and oxygen atoms in total. The van der Waals surface area contributed by atoms with Gasteiger partial charge in [0, 0.05) is 63.6 Å². The van der Waals surface area contributed by atoms with Crippen molar-refractivity contribution in [1.29, 1.82) is 0 Å². The molecule has 11 heteroatoms. The topological polar surface area (TPSA) is 111 Å².